The molecule has 2 N–H and O–H groups in total. The highest BCUT2D eigenvalue weighted by Crippen LogP contribution is 2.40. The van der Waals surface area contributed by atoms with Gasteiger partial charge in [0.15, 0.2) is 0 Å². The van der Waals surface area contributed by atoms with E-state index >= 15 is 0 Å². The van der Waals surface area contributed by atoms with E-state index in [1.54, 1.807) is 24.3 Å². The molecule has 0 saturated heterocycles. The highest BCUT2D eigenvalue weighted by atomic mass is 16.6. The second-order valence-electron chi connectivity index (χ2n) is 5.36. The third-order valence-electron chi connectivity index (χ3n) is 3.85. The van der Waals surface area contributed by atoms with E-state index in [1.807, 2.05) is 0 Å². The molecule has 24 heavy (non-hydrogen) atoms. The molecule has 0 fully saturated rings. The number of benzene rings is 2. The highest BCUT2D eigenvalue weighted by Gasteiger charge is 2.35. The number of phenols is 2. The van der Waals surface area contributed by atoms with Crippen LogP contribution >= 0.6 is 0 Å². The zero-order valence-corrected chi connectivity index (χ0v) is 12.6. The molecule has 8 heteroatoms. The van der Waals surface area contributed by atoms with Crippen LogP contribution in [0.2, 0.25) is 0 Å². The average molecular weight is 332 g/mol. The molecule has 0 bridgehead atoms. The molecule has 2 aromatic carbocycles. The van der Waals surface area contributed by atoms with Crippen molar-refractivity contribution >= 4 is 0 Å². The number of hydrogen-bond donors (Lipinski definition) is 2. The second kappa shape index (κ2) is 7.40. The van der Waals surface area contributed by atoms with Crippen molar-refractivity contribution in [3.8, 4) is 11.5 Å². The molecule has 2 rings (SSSR count). The van der Waals surface area contributed by atoms with Crippen LogP contribution in [0.4, 0.5) is 0 Å². The van der Waals surface area contributed by atoms with Gasteiger partial charge in [0.25, 0.3) is 0 Å². The van der Waals surface area contributed by atoms with Crippen LogP contribution in [-0.4, -0.2) is 33.1 Å². The molecule has 2 atom stereocenters. The summed E-state index contributed by atoms with van der Waals surface area (Å²) in [5.74, 6) is -2.26. The van der Waals surface area contributed by atoms with Crippen molar-refractivity contribution in [2.24, 2.45) is 0 Å². The average Bonchev–Trinajstić information content (AvgIpc) is 2.52. The zero-order chi connectivity index (χ0) is 17.7. The summed E-state index contributed by atoms with van der Waals surface area (Å²) in [7, 11) is 0. The Balaban J connectivity index is 2.57. The molecule has 8 nitrogen and oxygen atoms in total. The Kier molecular flexibility index (Phi) is 5.31. The van der Waals surface area contributed by atoms with Crippen molar-refractivity contribution < 1.29 is 20.1 Å². The van der Waals surface area contributed by atoms with E-state index < -0.39 is 34.8 Å². The summed E-state index contributed by atoms with van der Waals surface area (Å²) in [4.78, 5) is 21.0. The maximum absolute atomic E-state index is 11.1. The third-order valence-corrected chi connectivity index (χ3v) is 3.85. The summed E-state index contributed by atoms with van der Waals surface area (Å²) < 4.78 is 0. The van der Waals surface area contributed by atoms with Crippen molar-refractivity contribution in [1.82, 2.24) is 0 Å². The van der Waals surface area contributed by atoms with Gasteiger partial charge in [-0.1, -0.05) is 36.4 Å². The van der Waals surface area contributed by atoms with Crippen LogP contribution in [0.25, 0.3) is 0 Å². The topological polar surface area (TPSA) is 127 Å². The molecule has 0 heterocycles. The normalized spacial score (nSPS) is 13.2. The lowest BCUT2D eigenvalue weighted by molar-refractivity contribution is -0.498. The molecule has 0 aliphatic rings. The summed E-state index contributed by atoms with van der Waals surface area (Å²) in [5, 5.41) is 42.3. The lowest BCUT2D eigenvalue weighted by Gasteiger charge is -2.23. The number of hydrogen-bond acceptors (Lipinski definition) is 6. The number of nitrogens with zero attached hydrogens (tertiary/aromatic N) is 2. The van der Waals surface area contributed by atoms with Crippen molar-refractivity contribution in [2.45, 2.75) is 11.8 Å². The van der Waals surface area contributed by atoms with Gasteiger partial charge >= 0.3 is 0 Å². The van der Waals surface area contributed by atoms with Crippen LogP contribution < -0.4 is 0 Å². The predicted molar refractivity (Wildman–Crippen MR) is 85.4 cm³/mol. The standard InChI is InChI=1S/C16H16N2O6/c19-15-7-3-1-5-11(15)13(9-17(21)22)14(10-18(23)24)12-6-2-4-8-16(12)20/h1-8,13-14,19-20H,9-10H2/t13-,14-/m1/s1. The molecule has 0 radical (unpaired) electrons. The van der Waals surface area contributed by atoms with Crippen LogP contribution in [0.15, 0.2) is 48.5 Å². The van der Waals surface area contributed by atoms with Gasteiger partial charge in [0, 0.05) is 21.0 Å². The SMILES string of the molecule is O=[N+]([O-])C[C@H](c1ccccc1O)[C@H](C[N+](=O)[O-])c1ccccc1O. The van der Waals surface area contributed by atoms with Crippen LogP contribution in [0.5, 0.6) is 11.5 Å². The van der Waals surface area contributed by atoms with Gasteiger partial charge in [0.05, 0.1) is 11.8 Å². The van der Waals surface area contributed by atoms with Gasteiger partial charge in [-0.15, -0.1) is 0 Å². The summed E-state index contributed by atoms with van der Waals surface area (Å²) in [5.41, 5.74) is 0.480. The lowest BCUT2D eigenvalue weighted by atomic mass is 9.80. The van der Waals surface area contributed by atoms with Crippen molar-refractivity contribution in [1.29, 1.82) is 0 Å². The molecule has 0 aromatic heterocycles. The molecular formula is C16H16N2O6. The maximum Gasteiger partial charge on any atom is 0.211 e. The van der Waals surface area contributed by atoms with E-state index in [2.05, 4.69) is 0 Å². The predicted octanol–water partition coefficient (Wildman–Crippen LogP) is 2.52. The Hall–Kier alpha value is -3.16. The highest BCUT2D eigenvalue weighted by molar-refractivity contribution is 5.42. The first-order chi connectivity index (χ1) is 11.4. The quantitative estimate of drug-likeness (QED) is 0.592. The summed E-state index contributed by atoms with van der Waals surface area (Å²) >= 11 is 0. The second-order valence-corrected chi connectivity index (χ2v) is 5.36. The summed E-state index contributed by atoms with van der Waals surface area (Å²) in [6.45, 7) is -1.21. The smallest absolute Gasteiger partial charge is 0.211 e. The fraction of sp³-hybridized carbons (Fsp3) is 0.250. The monoisotopic (exact) mass is 332 g/mol. The first kappa shape index (κ1) is 17.2. The van der Waals surface area contributed by atoms with E-state index in [0.29, 0.717) is 0 Å². The Bertz CT molecular complexity index is 685. The van der Waals surface area contributed by atoms with Crippen LogP contribution in [0.3, 0.4) is 0 Å². The van der Waals surface area contributed by atoms with Crippen molar-refractivity contribution in [3.63, 3.8) is 0 Å². The number of nitro groups is 2. The van der Waals surface area contributed by atoms with Crippen LogP contribution in [-0.2, 0) is 0 Å². The minimum atomic E-state index is -0.958. The Labute approximate surface area is 137 Å². The van der Waals surface area contributed by atoms with Gasteiger partial charge in [-0.25, -0.2) is 0 Å². The Morgan fingerprint density at radius 3 is 1.38 bits per heavy atom. The van der Waals surface area contributed by atoms with Crippen LogP contribution in [0.1, 0.15) is 23.0 Å². The summed E-state index contributed by atoms with van der Waals surface area (Å²) in [6.07, 6.45) is 0. The van der Waals surface area contributed by atoms with Crippen molar-refractivity contribution in [2.75, 3.05) is 13.1 Å². The van der Waals surface area contributed by atoms with Gasteiger partial charge in [-0.3, -0.25) is 20.2 Å². The minimum Gasteiger partial charge on any atom is -0.508 e. The number of rotatable bonds is 7. The number of para-hydroxylation sites is 2. The van der Waals surface area contributed by atoms with Crippen LogP contribution in [0, 0.1) is 20.2 Å². The van der Waals surface area contributed by atoms with E-state index in [0.717, 1.165) is 0 Å². The molecule has 0 aliphatic heterocycles. The molecular weight excluding hydrogens is 316 g/mol. The maximum atomic E-state index is 11.1. The van der Waals surface area contributed by atoms with E-state index in [9.17, 15) is 30.4 Å². The largest absolute Gasteiger partial charge is 0.508 e. The van der Waals surface area contributed by atoms with E-state index in [4.69, 9.17) is 0 Å². The summed E-state index contributed by atoms with van der Waals surface area (Å²) in [6, 6.07) is 12.0. The fourth-order valence-electron chi connectivity index (χ4n) is 2.81. The Morgan fingerprint density at radius 1 is 0.750 bits per heavy atom. The van der Waals surface area contributed by atoms with Gasteiger partial charge in [-0.2, -0.15) is 0 Å². The molecule has 0 aliphatic carbocycles. The molecule has 0 spiro atoms. The van der Waals surface area contributed by atoms with Crippen molar-refractivity contribution in [3.05, 3.63) is 79.9 Å². The van der Waals surface area contributed by atoms with Gasteiger partial charge in [-0.05, 0) is 12.1 Å². The molecule has 0 saturated carbocycles. The molecule has 126 valence electrons. The minimum absolute atomic E-state index is 0.173. The first-order valence-electron chi connectivity index (χ1n) is 7.19. The molecule has 0 amide bonds. The molecule has 2 aromatic rings. The molecule has 0 unspecified atom stereocenters. The number of aromatic hydroxyl groups is 2. The third kappa shape index (κ3) is 3.97. The van der Waals surface area contributed by atoms with Gasteiger partial charge in [0.1, 0.15) is 11.5 Å². The van der Waals surface area contributed by atoms with E-state index in [-0.39, 0.29) is 22.6 Å². The van der Waals surface area contributed by atoms with E-state index in [1.165, 1.54) is 24.3 Å². The van der Waals surface area contributed by atoms with Gasteiger partial charge in [0.2, 0.25) is 13.1 Å². The first-order valence-corrected chi connectivity index (χ1v) is 7.19. The number of phenolic OH excluding ortho intramolecular Hbond substituents is 2. The fourth-order valence-corrected chi connectivity index (χ4v) is 2.81. The Morgan fingerprint density at radius 2 is 1.08 bits per heavy atom. The van der Waals surface area contributed by atoms with Gasteiger partial charge < -0.3 is 10.2 Å². The lowest BCUT2D eigenvalue weighted by Crippen LogP contribution is -2.25. The zero-order valence-electron chi connectivity index (χ0n) is 12.6.